The number of benzene rings is 1. The molecule has 0 radical (unpaired) electrons. The minimum Gasteiger partial charge on any atom is -0.462 e. The van der Waals surface area contributed by atoms with Crippen molar-refractivity contribution in [1.29, 1.82) is 0 Å². The molecule has 3 N–H and O–H groups in total. The van der Waals surface area contributed by atoms with Crippen LogP contribution in [0.3, 0.4) is 0 Å². The first kappa shape index (κ1) is 18.2. The van der Waals surface area contributed by atoms with Gasteiger partial charge < -0.3 is 4.74 Å². The topological polar surface area (TPSA) is 82.2 Å². The molecule has 0 aliphatic heterocycles. The van der Waals surface area contributed by atoms with Gasteiger partial charge in [-0.1, -0.05) is 18.6 Å². The van der Waals surface area contributed by atoms with Gasteiger partial charge in [0, 0.05) is 12.0 Å². The highest BCUT2D eigenvalue weighted by Gasteiger charge is 2.33. The van der Waals surface area contributed by atoms with Crippen molar-refractivity contribution in [2.45, 2.75) is 63.3 Å². The summed E-state index contributed by atoms with van der Waals surface area (Å²) in [5, 5.41) is 4.55. The normalized spacial score (nSPS) is 22.6. The zero-order valence-electron chi connectivity index (χ0n) is 15.9. The van der Waals surface area contributed by atoms with Gasteiger partial charge in [0.15, 0.2) is 0 Å². The summed E-state index contributed by atoms with van der Waals surface area (Å²) in [7, 11) is 0. The zero-order chi connectivity index (χ0) is 18.8. The molecule has 2 atom stereocenters. The lowest BCUT2D eigenvalue weighted by atomic mass is 9.81. The monoisotopic (exact) mass is 368 g/mol. The molecule has 2 fully saturated rings. The van der Waals surface area contributed by atoms with Crippen LogP contribution >= 0.6 is 0 Å². The van der Waals surface area contributed by atoms with Crippen LogP contribution in [-0.4, -0.2) is 28.4 Å². The minimum atomic E-state index is -0.272. The number of nitrogens with zero attached hydrogens (tertiary/aromatic N) is 2. The van der Waals surface area contributed by atoms with Crippen molar-refractivity contribution >= 4 is 5.97 Å². The van der Waals surface area contributed by atoms with E-state index in [0.717, 1.165) is 37.1 Å². The van der Waals surface area contributed by atoms with E-state index in [-0.39, 0.29) is 5.97 Å². The van der Waals surface area contributed by atoms with Crippen molar-refractivity contribution in [3.63, 3.8) is 0 Å². The van der Waals surface area contributed by atoms with Crippen LogP contribution in [0.15, 0.2) is 30.5 Å². The highest BCUT2D eigenvalue weighted by atomic mass is 16.5. The van der Waals surface area contributed by atoms with Gasteiger partial charge in [-0.2, -0.15) is 5.10 Å². The summed E-state index contributed by atoms with van der Waals surface area (Å²) in [6, 6.07) is 8.96. The molecular weight excluding hydrogens is 340 g/mol. The summed E-state index contributed by atoms with van der Waals surface area (Å²) in [4.78, 5) is 12.3. The molecule has 4 rings (SSSR count). The van der Waals surface area contributed by atoms with Crippen molar-refractivity contribution in [3.8, 4) is 5.69 Å². The SMILES string of the molecule is CCOC(=O)c1cnn(-c2cccc([C@@H]3CCC[C@H](NN)C3)c2)c1C1CC1. The van der Waals surface area contributed by atoms with Gasteiger partial charge in [0.2, 0.25) is 0 Å². The Morgan fingerprint density at radius 3 is 2.89 bits per heavy atom. The maximum Gasteiger partial charge on any atom is 0.341 e. The number of carbonyl (C=O) groups is 1. The van der Waals surface area contributed by atoms with Gasteiger partial charge in [-0.05, 0) is 62.6 Å². The highest BCUT2D eigenvalue weighted by Crippen LogP contribution is 2.43. The summed E-state index contributed by atoms with van der Waals surface area (Å²) in [6.45, 7) is 2.21. The predicted molar refractivity (Wildman–Crippen MR) is 104 cm³/mol. The number of hydrogen-bond donors (Lipinski definition) is 2. The third-order valence-electron chi connectivity index (χ3n) is 5.76. The number of ether oxygens (including phenoxy) is 1. The number of nitrogens with two attached hydrogens (primary N) is 1. The van der Waals surface area contributed by atoms with E-state index in [2.05, 4.69) is 34.8 Å². The van der Waals surface area contributed by atoms with Gasteiger partial charge in [0.1, 0.15) is 5.56 Å². The van der Waals surface area contributed by atoms with E-state index in [1.165, 1.54) is 18.4 Å². The van der Waals surface area contributed by atoms with Gasteiger partial charge in [0.25, 0.3) is 0 Å². The standard InChI is InChI=1S/C21H28N4O2/c1-2-27-21(26)19-13-23-25(20(19)14-9-10-14)18-8-4-6-16(12-18)15-5-3-7-17(11-15)24-22/h4,6,8,12-15,17,24H,2-3,5,7,9-11,22H2,1H3/t15-,17+/m1/s1. The average Bonchev–Trinajstić information content (AvgIpc) is 3.46. The molecule has 1 heterocycles. The zero-order valence-corrected chi connectivity index (χ0v) is 15.9. The second-order valence-electron chi connectivity index (χ2n) is 7.67. The van der Waals surface area contributed by atoms with Crippen molar-refractivity contribution in [2.24, 2.45) is 5.84 Å². The number of rotatable bonds is 6. The van der Waals surface area contributed by atoms with Crippen LogP contribution in [0.4, 0.5) is 0 Å². The Kier molecular flexibility index (Phi) is 5.27. The number of aromatic nitrogens is 2. The first-order valence-electron chi connectivity index (χ1n) is 10.0. The molecular formula is C21H28N4O2. The lowest BCUT2D eigenvalue weighted by Gasteiger charge is -2.29. The number of esters is 1. The Hall–Kier alpha value is -2.18. The van der Waals surface area contributed by atoms with Crippen LogP contribution in [-0.2, 0) is 4.74 Å². The maximum absolute atomic E-state index is 12.3. The van der Waals surface area contributed by atoms with E-state index in [9.17, 15) is 4.79 Å². The van der Waals surface area contributed by atoms with Gasteiger partial charge in [-0.25, -0.2) is 9.48 Å². The first-order valence-corrected chi connectivity index (χ1v) is 10.0. The second-order valence-corrected chi connectivity index (χ2v) is 7.67. The predicted octanol–water partition coefficient (Wildman–Crippen LogP) is 3.42. The van der Waals surface area contributed by atoms with E-state index >= 15 is 0 Å². The van der Waals surface area contributed by atoms with Crippen molar-refractivity contribution in [1.82, 2.24) is 15.2 Å². The Bertz CT molecular complexity index is 812. The van der Waals surface area contributed by atoms with Crippen LogP contribution in [0.5, 0.6) is 0 Å². The third-order valence-corrected chi connectivity index (χ3v) is 5.76. The fraction of sp³-hybridized carbons (Fsp3) is 0.524. The molecule has 0 unspecified atom stereocenters. The number of hydrazine groups is 1. The van der Waals surface area contributed by atoms with Gasteiger partial charge in [-0.15, -0.1) is 0 Å². The summed E-state index contributed by atoms with van der Waals surface area (Å²) in [5.41, 5.74) is 6.89. The molecule has 2 aliphatic rings. The van der Waals surface area contributed by atoms with Gasteiger partial charge in [-0.3, -0.25) is 11.3 Å². The average molecular weight is 368 g/mol. The molecule has 0 amide bonds. The minimum absolute atomic E-state index is 0.272. The molecule has 2 saturated carbocycles. The molecule has 2 aliphatic carbocycles. The van der Waals surface area contributed by atoms with E-state index in [4.69, 9.17) is 10.6 Å². The fourth-order valence-electron chi connectivity index (χ4n) is 4.23. The Morgan fingerprint density at radius 2 is 2.15 bits per heavy atom. The second kappa shape index (κ2) is 7.82. The molecule has 6 nitrogen and oxygen atoms in total. The summed E-state index contributed by atoms with van der Waals surface area (Å²) in [6.07, 6.45) is 8.43. The summed E-state index contributed by atoms with van der Waals surface area (Å²) in [5.74, 6) is 6.30. The molecule has 0 bridgehead atoms. The number of nitrogens with one attached hydrogen (secondary N) is 1. The van der Waals surface area contributed by atoms with Crippen molar-refractivity contribution in [3.05, 3.63) is 47.3 Å². The molecule has 6 heteroatoms. The lowest BCUT2D eigenvalue weighted by Crippen LogP contribution is -2.38. The van der Waals surface area contributed by atoms with Crippen molar-refractivity contribution < 1.29 is 9.53 Å². The molecule has 27 heavy (non-hydrogen) atoms. The highest BCUT2D eigenvalue weighted by molar-refractivity contribution is 5.91. The van der Waals surface area contributed by atoms with E-state index in [1.807, 2.05) is 11.6 Å². The molecule has 144 valence electrons. The third kappa shape index (κ3) is 3.77. The van der Waals surface area contributed by atoms with Gasteiger partial charge >= 0.3 is 5.97 Å². The van der Waals surface area contributed by atoms with E-state index < -0.39 is 0 Å². The summed E-state index contributed by atoms with van der Waals surface area (Å²) < 4.78 is 7.17. The maximum atomic E-state index is 12.3. The first-order chi connectivity index (χ1) is 13.2. The smallest absolute Gasteiger partial charge is 0.341 e. The van der Waals surface area contributed by atoms with E-state index in [1.54, 1.807) is 6.20 Å². The molecule has 2 aromatic rings. The Balaban J connectivity index is 1.65. The van der Waals surface area contributed by atoms with Crippen LogP contribution in [0.2, 0.25) is 0 Å². The molecule has 1 aromatic carbocycles. The van der Waals surface area contributed by atoms with Crippen LogP contribution < -0.4 is 11.3 Å². The van der Waals surface area contributed by atoms with Crippen LogP contribution in [0, 0.1) is 0 Å². The number of carbonyl (C=O) groups excluding carboxylic acids is 1. The Labute approximate surface area is 160 Å². The van der Waals surface area contributed by atoms with Crippen LogP contribution in [0.25, 0.3) is 5.69 Å². The molecule has 0 spiro atoms. The quantitative estimate of drug-likeness (QED) is 0.464. The summed E-state index contributed by atoms with van der Waals surface area (Å²) >= 11 is 0. The Morgan fingerprint density at radius 1 is 1.30 bits per heavy atom. The largest absolute Gasteiger partial charge is 0.462 e. The number of hydrogen-bond acceptors (Lipinski definition) is 5. The van der Waals surface area contributed by atoms with Gasteiger partial charge in [0.05, 0.1) is 24.2 Å². The van der Waals surface area contributed by atoms with Crippen molar-refractivity contribution in [2.75, 3.05) is 6.61 Å². The molecule has 0 saturated heterocycles. The van der Waals surface area contributed by atoms with E-state index in [0.29, 0.717) is 30.0 Å². The fourth-order valence-corrected chi connectivity index (χ4v) is 4.23. The lowest BCUT2D eigenvalue weighted by molar-refractivity contribution is 0.0525. The molecule has 1 aromatic heterocycles. The van der Waals surface area contributed by atoms with Crippen LogP contribution in [0.1, 0.15) is 78.9 Å².